The Balaban J connectivity index is 1.40. The summed E-state index contributed by atoms with van der Waals surface area (Å²) in [6.45, 7) is 2.15. The lowest BCUT2D eigenvalue weighted by Gasteiger charge is -2.51. The van der Waals surface area contributed by atoms with Crippen LogP contribution in [-0.4, -0.2) is 72.8 Å². The third kappa shape index (κ3) is 3.87. The van der Waals surface area contributed by atoms with Crippen LogP contribution in [0.1, 0.15) is 34.1 Å². The molecule has 5 heterocycles. The molecule has 4 aromatic rings. The second kappa shape index (κ2) is 10.1. The maximum atomic E-state index is 16.2. The summed E-state index contributed by atoms with van der Waals surface area (Å²) in [6, 6.07) is 12.8. The predicted molar refractivity (Wildman–Crippen MR) is 161 cm³/mol. The number of pyridine rings is 1. The highest BCUT2D eigenvalue weighted by Crippen LogP contribution is 2.53. The number of aromatic hydroxyl groups is 1. The molecule has 1 N–H and O–H groups in total. The molecular formula is C32H28F2N4O5S. The largest absolute Gasteiger partial charge is 0.502 e. The number of hydrogen-bond acceptors (Lipinski definition) is 8. The van der Waals surface area contributed by atoms with Gasteiger partial charge in [0.15, 0.2) is 23.1 Å². The molecule has 2 aromatic carbocycles. The number of amides is 1. The number of thiophene rings is 1. The summed E-state index contributed by atoms with van der Waals surface area (Å²) in [5.74, 6) is -3.09. The van der Waals surface area contributed by atoms with Gasteiger partial charge < -0.3 is 24.4 Å². The molecule has 3 aliphatic heterocycles. The van der Waals surface area contributed by atoms with Crippen molar-refractivity contribution in [1.29, 1.82) is 0 Å². The quantitative estimate of drug-likeness (QED) is 0.366. The number of methoxy groups -OCH3 is 1. The van der Waals surface area contributed by atoms with E-state index in [-0.39, 0.29) is 37.1 Å². The molecule has 2 aromatic heterocycles. The number of rotatable bonds is 3. The second-order valence-corrected chi connectivity index (χ2v) is 12.4. The van der Waals surface area contributed by atoms with E-state index in [1.807, 2.05) is 35.3 Å². The molecule has 0 radical (unpaired) electrons. The number of carbonyl (C=O) groups is 1. The number of morpholine rings is 1. The van der Waals surface area contributed by atoms with Crippen LogP contribution in [-0.2, 0) is 9.47 Å². The summed E-state index contributed by atoms with van der Waals surface area (Å²) in [6.07, 6.45) is 1.76. The molecular weight excluding hydrogens is 590 g/mol. The van der Waals surface area contributed by atoms with Gasteiger partial charge in [-0.3, -0.25) is 19.3 Å². The standard InChI is InChI=1S/C32H28F2N4O5S/c1-42-17-8-10-35(15-17)25-14-21-26-20(6-7-22(33)27(26)34)28(18-4-2-3-5-19(18)31(21)44-25)38-24-16-43-13-12-36(24)32(41)29-30(40)23(39)9-11-37(29)38/h2-7,9,11,14,17,24,28,40H,8,10,12-13,15-16H2,1H3/t17-,24+,28+/m0/s1. The van der Waals surface area contributed by atoms with Crippen LogP contribution in [0.4, 0.5) is 13.8 Å². The molecule has 3 atom stereocenters. The van der Waals surface area contributed by atoms with Crippen molar-refractivity contribution in [3.8, 4) is 27.3 Å². The van der Waals surface area contributed by atoms with Gasteiger partial charge in [0.1, 0.15) is 6.17 Å². The van der Waals surface area contributed by atoms with Crippen molar-refractivity contribution >= 4 is 22.2 Å². The molecule has 0 spiro atoms. The van der Waals surface area contributed by atoms with Crippen LogP contribution in [0.3, 0.4) is 0 Å². The Hall–Kier alpha value is -4.26. The molecule has 0 unspecified atom stereocenters. The fourth-order valence-corrected chi connectivity index (χ4v) is 8.28. The smallest absolute Gasteiger partial charge is 0.278 e. The molecule has 44 heavy (non-hydrogen) atoms. The number of carbonyl (C=O) groups excluding carboxylic acids is 1. The second-order valence-electron chi connectivity index (χ2n) is 11.4. The van der Waals surface area contributed by atoms with Crippen molar-refractivity contribution in [2.45, 2.75) is 24.7 Å². The molecule has 9 nitrogen and oxygen atoms in total. The van der Waals surface area contributed by atoms with Crippen LogP contribution in [0, 0.1) is 11.6 Å². The number of nitrogens with zero attached hydrogens (tertiary/aromatic N) is 4. The first kappa shape index (κ1) is 27.3. The van der Waals surface area contributed by atoms with E-state index >= 15 is 8.78 Å². The monoisotopic (exact) mass is 618 g/mol. The van der Waals surface area contributed by atoms with Crippen molar-refractivity contribution in [1.82, 2.24) is 9.58 Å². The normalized spacial score (nSPS) is 22.2. The fraction of sp³-hybridized carbons (Fsp3) is 0.312. The van der Waals surface area contributed by atoms with E-state index in [1.54, 1.807) is 18.1 Å². The molecule has 12 heteroatoms. The first-order chi connectivity index (χ1) is 21.4. The number of benzene rings is 2. The zero-order chi connectivity index (χ0) is 30.3. The van der Waals surface area contributed by atoms with E-state index in [2.05, 4.69) is 4.90 Å². The molecule has 0 bridgehead atoms. The Bertz CT molecular complexity index is 1890. The third-order valence-corrected chi connectivity index (χ3v) is 10.4. The Morgan fingerprint density at radius 1 is 1.05 bits per heavy atom. The Kier molecular flexibility index (Phi) is 6.30. The van der Waals surface area contributed by atoms with Gasteiger partial charge in [-0.25, -0.2) is 8.78 Å². The van der Waals surface area contributed by atoms with E-state index in [9.17, 15) is 14.7 Å². The van der Waals surface area contributed by atoms with E-state index in [0.29, 0.717) is 17.7 Å². The molecule has 1 amide bonds. The topological polar surface area (TPSA) is 87.5 Å². The lowest BCUT2D eigenvalue weighted by Crippen LogP contribution is -2.66. The fourth-order valence-electron chi connectivity index (χ4n) is 7.03. The first-order valence-electron chi connectivity index (χ1n) is 14.5. The van der Waals surface area contributed by atoms with Crippen molar-refractivity contribution in [3.63, 3.8) is 0 Å². The van der Waals surface area contributed by atoms with Gasteiger partial charge in [0, 0.05) is 55.0 Å². The Labute approximate surface area is 255 Å². The van der Waals surface area contributed by atoms with Gasteiger partial charge in [-0.2, -0.15) is 0 Å². The van der Waals surface area contributed by atoms with Gasteiger partial charge in [-0.05, 0) is 35.2 Å². The predicted octanol–water partition coefficient (Wildman–Crippen LogP) is 4.31. The van der Waals surface area contributed by atoms with E-state index < -0.39 is 40.9 Å². The number of hydrogen-bond donors (Lipinski definition) is 1. The average molecular weight is 619 g/mol. The van der Waals surface area contributed by atoms with Gasteiger partial charge in [-0.15, -0.1) is 11.3 Å². The van der Waals surface area contributed by atoms with Crippen molar-refractivity contribution in [3.05, 3.63) is 93.4 Å². The molecule has 0 saturated carbocycles. The highest BCUT2D eigenvalue weighted by atomic mass is 32.1. The highest BCUT2D eigenvalue weighted by molar-refractivity contribution is 7.20. The van der Waals surface area contributed by atoms with Gasteiger partial charge in [0.25, 0.3) is 5.91 Å². The van der Waals surface area contributed by atoms with Gasteiger partial charge in [-0.1, -0.05) is 30.3 Å². The number of anilines is 1. The van der Waals surface area contributed by atoms with Crippen LogP contribution in [0.5, 0.6) is 5.75 Å². The zero-order valence-electron chi connectivity index (χ0n) is 23.7. The molecule has 226 valence electrons. The van der Waals surface area contributed by atoms with Crippen molar-refractivity contribution in [2.75, 3.05) is 49.9 Å². The van der Waals surface area contributed by atoms with Crippen molar-refractivity contribution < 1.29 is 28.2 Å². The molecule has 2 fully saturated rings. The van der Waals surface area contributed by atoms with Crippen LogP contribution < -0.4 is 15.3 Å². The first-order valence-corrected chi connectivity index (χ1v) is 15.3. The van der Waals surface area contributed by atoms with Crippen LogP contribution in [0.15, 0.2) is 59.5 Å². The minimum absolute atomic E-state index is 0.0978. The lowest BCUT2D eigenvalue weighted by atomic mass is 9.91. The van der Waals surface area contributed by atoms with Gasteiger partial charge in [0.05, 0.1) is 30.4 Å². The minimum atomic E-state index is -0.967. The maximum Gasteiger partial charge on any atom is 0.278 e. The van der Waals surface area contributed by atoms with Gasteiger partial charge >= 0.3 is 0 Å². The SMILES string of the molecule is CO[C@H]1CCN(c2cc3c(s2)-c2ccccc2[C@@H](N2[C@@H]4COCCN4C(=O)c4c(O)c(=O)ccn42)c2ccc(F)c(F)c2-3)C1. The van der Waals surface area contributed by atoms with Crippen LogP contribution in [0.25, 0.3) is 21.6 Å². The summed E-state index contributed by atoms with van der Waals surface area (Å²) >= 11 is 1.53. The molecule has 1 aliphatic carbocycles. The molecule has 4 aliphatic rings. The summed E-state index contributed by atoms with van der Waals surface area (Å²) in [5, 5.41) is 13.6. The van der Waals surface area contributed by atoms with E-state index in [4.69, 9.17) is 9.47 Å². The summed E-state index contributed by atoms with van der Waals surface area (Å²) in [4.78, 5) is 30.8. The van der Waals surface area contributed by atoms with E-state index in [1.165, 1.54) is 28.3 Å². The number of ether oxygens (including phenoxy) is 2. The van der Waals surface area contributed by atoms with Crippen molar-refractivity contribution in [2.24, 2.45) is 0 Å². The lowest BCUT2D eigenvalue weighted by molar-refractivity contribution is -0.0196. The number of halogens is 2. The van der Waals surface area contributed by atoms with E-state index in [0.717, 1.165) is 40.0 Å². The zero-order valence-corrected chi connectivity index (χ0v) is 24.5. The van der Waals surface area contributed by atoms with Crippen LogP contribution >= 0.6 is 11.3 Å². The van der Waals surface area contributed by atoms with Crippen LogP contribution in [0.2, 0.25) is 0 Å². The third-order valence-electron chi connectivity index (χ3n) is 9.14. The highest BCUT2D eigenvalue weighted by Gasteiger charge is 2.47. The average Bonchev–Trinajstić information content (AvgIpc) is 3.68. The minimum Gasteiger partial charge on any atom is -0.502 e. The number of aromatic nitrogens is 1. The Morgan fingerprint density at radius 2 is 1.89 bits per heavy atom. The van der Waals surface area contributed by atoms with Gasteiger partial charge in [0.2, 0.25) is 5.43 Å². The Morgan fingerprint density at radius 3 is 2.70 bits per heavy atom. The number of fused-ring (bicyclic) bond motifs is 7. The summed E-state index contributed by atoms with van der Waals surface area (Å²) < 4.78 is 44.2. The summed E-state index contributed by atoms with van der Waals surface area (Å²) in [7, 11) is 1.70. The molecule has 2 saturated heterocycles. The maximum absolute atomic E-state index is 16.2. The molecule has 8 rings (SSSR count). The summed E-state index contributed by atoms with van der Waals surface area (Å²) in [5.41, 5.74) is 1.98.